The summed E-state index contributed by atoms with van der Waals surface area (Å²) in [6, 6.07) is 4.66. The number of rotatable bonds is 4. The Morgan fingerprint density at radius 2 is 2.20 bits per heavy atom. The van der Waals surface area contributed by atoms with E-state index in [0.717, 1.165) is 24.8 Å². The average molecular weight is 317 g/mol. The first kappa shape index (κ1) is 14.3. The molecule has 3 N–H and O–H groups in total. The van der Waals surface area contributed by atoms with Gasteiger partial charge < -0.3 is 10.5 Å². The van der Waals surface area contributed by atoms with Gasteiger partial charge in [0.15, 0.2) is 0 Å². The first-order chi connectivity index (χ1) is 9.49. The monoisotopic (exact) mass is 316 g/mol. The Bertz CT molecular complexity index is 620. The van der Waals surface area contributed by atoms with Crippen LogP contribution in [-0.2, 0) is 21.3 Å². The fraction of sp³-hybridized carbons (Fsp3) is 0.538. The molecule has 5 nitrogen and oxygen atoms in total. The molecule has 3 unspecified atom stereocenters. The lowest BCUT2D eigenvalue weighted by molar-refractivity contribution is 0.0996. The van der Waals surface area contributed by atoms with Crippen LogP contribution in [-0.4, -0.2) is 26.7 Å². The van der Waals surface area contributed by atoms with Crippen LogP contribution in [0, 0.1) is 0 Å². The zero-order valence-corrected chi connectivity index (χ0v) is 12.5. The third-order valence-corrected chi connectivity index (χ3v) is 5.90. The normalized spacial score (nSPS) is 29.0. The molecule has 2 bridgehead atoms. The van der Waals surface area contributed by atoms with Crippen molar-refractivity contribution in [3.63, 3.8) is 0 Å². The van der Waals surface area contributed by atoms with Crippen molar-refractivity contribution in [1.29, 1.82) is 0 Å². The number of nitrogens with two attached hydrogens (primary N) is 1. The lowest BCUT2D eigenvalue weighted by atomic mass is 9.96. The molecule has 3 atom stereocenters. The zero-order chi connectivity index (χ0) is 14.3. The molecule has 1 aromatic carbocycles. The summed E-state index contributed by atoms with van der Waals surface area (Å²) in [6.07, 6.45) is 2.85. The van der Waals surface area contributed by atoms with E-state index in [9.17, 15) is 8.42 Å². The van der Waals surface area contributed by atoms with Crippen LogP contribution in [0.15, 0.2) is 23.1 Å². The summed E-state index contributed by atoms with van der Waals surface area (Å²) in [5.41, 5.74) is 6.28. The van der Waals surface area contributed by atoms with Crippen LogP contribution in [0.4, 0.5) is 0 Å². The average Bonchev–Trinajstić information content (AvgIpc) is 3.01. The topological polar surface area (TPSA) is 81.4 Å². The van der Waals surface area contributed by atoms with Crippen LogP contribution in [0.1, 0.15) is 24.8 Å². The van der Waals surface area contributed by atoms with Gasteiger partial charge in [-0.3, -0.25) is 0 Å². The highest BCUT2D eigenvalue weighted by Crippen LogP contribution is 2.35. The minimum Gasteiger partial charge on any atom is -0.373 e. The molecule has 110 valence electrons. The van der Waals surface area contributed by atoms with E-state index in [0.29, 0.717) is 0 Å². The molecule has 2 aliphatic rings. The molecule has 3 rings (SSSR count). The summed E-state index contributed by atoms with van der Waals surface area (Å²) in [7, 11) is -3.65. The molecular formula is C13H17ClN2O3S. The van der Waals surface area contributed by atoms with Crippen LogP contribution < -0.4 is 10.5 Å². The van der Waals surface area contributed by atoms with Gasteiger partial charge in [0.2, 0.25) is 10.0 Å². The molecule has 1 aromatic rings. The third-order valence-electron chi connectivity index (χ3n) is 3.93. The zero-order valence-electron chi connectivity index (χ0n) is 10.9. The highest BCUT2D eigenvalue weighted by atomic mass is 35.5. The molecule has 2 fully saturated rings. The van der Waals surface area contributed by atoms with Crippen molar-refractivity contribution in [2.45, 2.75) is 49.0 Å². The van der Waals surface area contributed by atoms with Gasteiger partial charge in [-0.2, -0.15) is 0 Å². The second-order valence-corrected chi connectivity index (χ2v) is 7.40. The number of hydrogen-bond acceptors (Lipinski definition) is 4. The van der Waals surface area contributed by atoms with Crippen LogP contribution in [0.3, 0.4) is 0 Å². The van der Waals surface area contributed by atoms with Crippen molar-refractivity contribution < 1.29 is 13.2 Å². The molecule has 0 spiro atoms. The van der Waals surface area contributed by atoms with Crippen LogP contribution in [0.5, 0.6) is 0 Å². The summed E-state index contributed by atoms with van der Waals surface area (Å²) in [6.45, 7) is 0.275. The van der Waals surface area contributed by atoms with Crippen molar-refractivity contribution >= 4 is 21.6 Å². The van der Waals surface area contributed by atoms with Gasteiger partial charge in [0.05, 0.1) is 23.3 Å². The molecule has 2 heterocycles. The van der Waals surface area contributed by atoms with Gasteiger partial charge in [-0.1, -0.05) is 17.7 Å². The number of halogens is 1. The van der Waals surface area contributed by atoms with Crippen molar-refractivity contribution in [3.05, 3.63) is 28.8 Å². The summed E-state index contributed by atoms with van der Waals surface area (Å²) in [5.74, 6) is 0. The van der Waals surface area contributed by atoms with Crippen LogP contribution >= 0.6 is 11.6 Å². The lowest BCUT2D eigenvalue weighted by Gasteiger charge is -2.20. The quantitative estimate of drug-likeness (QED) is 0.879. The summed E-state index contributed by atoms with van der Waals surface area (Å²) >= 11 is 6.01. The van der Waals surface area contributed by atoms with E-state index in [1.165, 1.54) is 6.07 Å². The Morgan fingerprint density at radius 1 is 1.40 bits per heavy atom. The van der Waals surface area contributed by atoms with Crippen molar-refractivity contribution in [2.24, 2.45) is 5.73 Å². The summed E-state index contributed by atoms with van der Waals surface area (Å²) in [5, 5.41) is 0.207. The number of nitrogens with one attached hydrogen (secondary N) is 1. The molecule has 2 saturated heterocycles. The predicted molar refractivity (Wildman–Crippen MR) is 76.0 cm³/mol. The smallest absolute Gasteiger partial charge is 0.242 e. The Hall–Kier alpha value is -0.660. The number of sulfonamides is 1. The predicted octanol–water partition coefficient (Wildman–Crippen LogP) is 1.40. The van der Waals surface area contributed by atoms with Gasteiger partial charge in [0.1, 0.15) is 4.90 Å². The summed E-state index contributed by atoms with van der Waals surface area (Å²) < 4.78 is 33.3. The molecule has 0 saturated carbocycles. The Kier molecular flexibility index (Phi) is 3.77. The number of benzene rings is 1. The second kappa shape index (κ2) is 5.27. The first-order valence-corrected chi connectivity index (χ1v) is 8.52. The minimum absolute atomic E-state index is 0.00811. The van der Waals surface area contributed by atoms with Gasteiger partial charge >= 0.3 is 0 Å². The second-order valence-electron chi connectivity index (χ2n) is 5.31. The summed E-state index contributed by atoms with van der Waals surface area (Å²) in [4.78, 5) is 0.0879. The van der Waals surface area contributed by atoms with E-state index >= 15 is 0 Å². The molecule has 0 aromatic heterocycles. The van der Waals surface area contributed by atoms with Crippen LogP contribution in [0.2, 0.25) is 5.02 Å². The number of hydrogen-bond donors (Lipinski definition) is 2. The Balaban J connectivity index is 1.84. The maximum atomic E-state index is 12.5. The first-order valence-electron chi connectivity index (χ1n) is 6.66. The molecule has 0 aliphatic carbocycles. The highest BCUT2D eigenvalue weighted by molar-refractivity contribution is 7.89. The van der Waals surface area contributed by atoms with Gasteiger partial charge in [0, 0.05) is 6.54 Å². The fourth-order valence-electron chi connectivity index (χ4n) is 2.91. The lowest BCUT2D eigenvalue weighted by Crippen LogP contribution is -2.41. The van der Waals surface area contributed by atoms with Crippen molar-refractivity contribution in [3.8, 4) is 0 Å². The standard InChI is InChI=1S/C13H17ClN2O3S/c14-10-3-1-8(7-15)5-13(10)20(17,18)16-11-6-9-2-4-12(11)19-9/h1,3,5,9,11-12,16H,2,4,6-7,15H2. The molecule has 0 radical (unpaired) electrons. The molecule has 20 heavy (non-hydrogen) atoms. The van der Waals surface area contributed by atoms with Crippen LogP contribution in [0.25, 0.3) is 0 Å². The molecule has 7 heteroatoms. The van der Waals surface area contributed by atoms with Gasteiger partial charge in [-0.05, 0) is 37.0 Å². The third kappa shape index (κ3) is 2.58. The van der Waals surface area contributed by atoms with Gasteiger partial charge in [-0.25, -0.2) is 13.1 Å². The van der Waals surface area contributed by atoms with Crippen molar-refractivity contribution in [2.75, 3.05) is 0 Å². The molecule has 2 aliphatic heterocycles. The Morgan fingerprint density at radius 3 is 2.80 bits per heavy atom. The minimum atomic E-state index is -3.65. The van der Waals surface area contributed by atoms with Crippen molar-refractivity contribution in [1.82, 2.24) is 4.72 Å². The maximum Gasteiger partial charge on any atom is 0.242 e. The molecular weight excluding hydrogens is 300 g/mol. The highest BCUT2D eigenvalue weighted by Gasteiger charge is 2.42. The maximum absolute atomic E-state index is 12.5. The van der Waals surface area contributed by atoms with Gasteiger partial charge in [0.25, 0.3) is 0 Å². The largest absolute Gasteiger partial charge is 0.373 e. The SMILES string of the molecule is NCc1ccc(Cl)c(S(=O)(=O)NC2CC3CCC2O3)c1. The van der Waals surface area contributed by atoms with E-state index in [4.69, 9.17) is 22.1 Å². The van der Waals surface area contributed by atoms with E-state index < -0.39 is 10.0 Å². The Labute approximate surface area is 123 Å². The molecule has 0 amide bonds. The number of fused-ring (bicyclic) bond motifs is 2. The van der Waals surface area contributed by atoms with E-state index in [1.807, 2.05) is 0 Å². The number of ether oxygens (including phenoxy) is 1. The van der Waals surface area contributed by atoms with E-state index in [-0.39, 0.29) is 34.7 Å². The van der Waals surface area contributed by atoms with E-state index in [2.05, 4.69) is 4.72 Å². The fourth-order valence-corrected chi connectivity index (χ4v) is 4.73. The van der Waals surface area contributed by atoms with E-state index in [1.54, 1.807) is 12.1 Å². The van der Waals surface area contributed by atoms with Gasteiger partial charge in [-0.15, -0.1) is 0 Å².